The molecule has 0 aromatic heterocycles. The second kappa shape index (κ2) is 6.76. The molecule has 0 radical (unpaired) electrons. The zero-order valence-electron chi connectivity index (χ0n) is 14.6. The van der Waals surface area contributed by atoms with Gasteiger partial charge in [-0.2, -0.15) is 0 Å². The molecule has 0 saturated carbocycles. The van der Waals surface area contributed by atoms with Gasteiger partial charge >= 0.3 is 153 Å². The van der Waals surface area contributed by atoms with Crippen molar-refractivity contribution in [2.24, 2.45) is 0 Å². The molecule has 4 heteroatoms. The minimum absolute atomic E-state index is 1.24. The van der Waals surface area contributed by atoms with Crippen molar-refractivity contribution >= 4 is 31.2 Å². The van der Waals surface area contributed by atoms with E-state index in [1.54, 1.807) is 0 Å². The zero-order valence-corrected chi connectivity index (χ0v) is 17.2. The van der Waals surface area contributed by atoms with Gasteiger partial charge in [-0.15, -0.1) is 0 Å². The van der Waals surface area contributed by atoms with Gasteiger partial charge in [0, 0.05) is 0 Å². The molecule has 0 atom stereocenters. The van der Waals surface area contributed by atoms with Gasteiger partial charge in [0.1, 0.15) is 0 Å². The van der Waals surface area contributed by atoms with Crippen molar-refractivity contribution in [3.05, 3.63) is 83.7 Å². The van der Waals surface area contributed by atoms with Gasteiger partial charge in [0.15, 0.2) is 0 Å². The molecule has 0 saturated heterocycles. The fraction of sp³-hybridized carbons (Fsp3) is 0.200. The van der Waals surface area contributed by atoms with Crippen molar-refractivity contribution in [3.8, 4) is 0 Å². The molecule has 0 N–H and O–H groups in total. The summed E-state index contributed by atoms with van der Waals surface area (Å²) >= 11 is 3.58. The topological polar surface area (TPSA) is 6.48 Å². The Kier molecular flexibility index (Phi) is 4.87. The number of hydrogen-bond donors (Lipinski definition) is 0. The van der Waals surface area contributed by atoms with E-state index in [-0.39, 0.29) is 0 Å². The second-order valence-electron chi connectivity index (χ2n) is 6.11. The van der Waals surface area contributed by atoms with E-state index >= 15 is 0 Å². The second-order valence-corrected chi connectivity index (χ2v) is 12.3. The van der Waals surface area contributed by atoms with Crippen LogP contribution in [0, 0.1) is 0 Å². The van der Waals surface area contributed by atoms with Crippen molar-refractivity contribution in [1.82, 2.24) is 9.80 Å². The fourth-order valence-electron chi connectivity index (χ4n) is 2.99. The van der Waals surface area contributed by atoms with Crippen molar-refractivity contribution < 1.29 is 0 Å². The Morgan fingerprint density at radius 1 is 0.750 bits per heavy atom. The first-order valence-corrected chi connectivity index (χ1v) is 12.1. The summed E-state index contributed by atoms with van der Waals surface area (Å²) in [7, 11) is 4.29. The first-order valence-electron chi connectivity index (χ1n) is 8.04. The average molecular weight is 401 g/mol. The molecule has 124 valence electrons. The van der Waals surface area contributed by atoms with Gasteiger partial charge in [-0.3, -0.25) is 0 Å². The van der Waals surface area contributed by atoms with Crippen LogP contribution in [-0.4, -0.2) is 39.0 Å². The average Bonchev–Trinajstić information content (AvgIpc) is 2.81. The minimum atomic E-state index is -1.75. The van der Waals surface area contributed by atoms with Crippen LogP contribution < -0.4 is 10.6 Å². The molecule has 1 aliphatic heterocycles. The van der Waals surface area contributed by atoms with Crippen molar-refractivity contribution in [2.75, 3.05) is 14.1 Å². The Bertz CT molecular complexity index is 777. The molecule has 3 rings (SSSR count). The molecule has 2 aromatic rings. The Labute approximate surface area is 152 Å². The molecule has 0 amide bonds. The molecule has 2 nitrogen and oxygen atoms in total. The SMILES string of the molecule is CC1=C(C)N(C)C(=CP(=[Se])(c2ccccc2)c2ccccc2)N1C. The van der Waals surface area contributed by atoms with E-state index in [2.05, 4.69) is 119 Å². The number of rotatable bonds is 3. The molecule has 0 bridgehead atoms. The Morgan fingerprint density at radius 3 is 1.50 bits per heavy atom. The van der Waals surface area contributed by atoms with Crippen LogP contribution in [-0.2, 0) is 0 Å². The van der Waals surface area contributed by atoms with Gasteiger partial charge in [0.25, 0.3) is 0 Å². The molecule has 2 aromatic carbocycles. The molecule has 0 unspecified atom stereocenters. The predicted octanol–water partition coefficient (Wildman–Crippen LogP) is 3.67. The summed E-state index contributed by atoms with van der Waals surface area (Å²) in [5, 5.41) is 2.71. The van der Waals surface area contributed by atoms with Gasteiger partial charge in [-0.05, 0) is 0 Å². The molecular formula is C20H23N2PSe. The molecule has 0 spiro atoms. The monoisotopic (exact) mass is 402 g/mol. The predicted molar refractivity (Wildman–Crippen MR) is 107 cm³/mol. The third-order valence-electron chi connectivity index (χ3n) is 4.79. The van der Waals surface area contributed by atoms with E-state index in [0.29, 0.717) is 0 Å². The van der Waals surface area contributed by atoms with Crippen LogP contribution in [0.1, 0.15) is 13.8 Å². The standard InChI is InChI=1S/C20H23N2PSe/c1-16-17(2)22(4)20(21(16)3)15-23(24,18-11-7-5-8-12-18)19-13-9-6-10-14-19/h5-15H,1-4H3. The maximum absolute atomic E-state index is 3.58. The zero-order chi connectivity index (χ0) is 17.3. The first kappa shape index (κ1) is 17.3. The van der Waals surface area contributed by atoms with Crippen LogP contribution in [0.3, 0.4) is 0 Å². The summed E-state index contributed by atoms with van der Waals surface area (Å²) in [5.74, 6) is 3.68. The van der Waals surface area contributed by atoms with Crippen LogP contribution in [0.5, 0.6) is 0 Å². The van der Waals surface area contributed by atoms with Gasteiger partial charge in [-0.25, -0.2) is 0 Å². The van der Waals surface area contributed by atoms with E-state index < -0.39 is 5.51 Å². The Balaban J connectivity index is 2.19. The Morgan fingerprint density at radius 2 is 1.12 bits per heavy atom. The van der Waals surface area contributed by atoms with Crippen LogP contribution >= 0.6 is 5.51 Å². The third kappa shape index (κ3) is 2.93. The maximum atomic E-state index is 3.58. The number of benzene rings is 2. The van der Waals surface area contributed by atoms with Crippen LogP contribution in [0.15, 0.2) is 83.7 Å². The van der Waals surface area contributed by atoms with E-state index in [0.717, 1.165) is 0 Å². The van der Waals surface area contributed by atoms with E-state index in [1.165, 1.54) is 27.8 Å². The molecule has 24 heavy (non-hydrogen) atoms. The summed E-state index contributed by atoms with van der Waals surface area (Å²) in [6, 6.07) is 21.6. The number of nitrogens with zero attached hydrogens (tertiary/aromatic N) is 2. The summed E-state index contributed by atoms with van der Waals surface area (Å²) in [5.41, 5.74) is 0.856. The quantitative estimate of drug-likeness (QED) is 0.572. The summed E-state index contributed by atoms with van der Waals surface area (Å²) in [4.78, 5) is 4.57. The molecule has 0 aliphatic carbocycles. The molecule has 1 aliphatic rings. The van der Waals surface area contributed by atoms with Crippen LogP contribution in [0.4, 0.5) is 0 Å². The van der Waals surface area contributed by atoms with Gasteiger partial charge < -0.3 is 0 Å². The Hall–Kier alpha value is -1.53. The number of hydrogen-bond acceptors (Lipinski definition) is 2. The van der Waals surface area contributed by atoms with Gasteiger partial charge in [0.2, 0.25) is 0 Å². The van der Waals surface area contributed by atoms with E-state index in [1.807, 2.05) is 0 Å². The van der Waals surface area contributed by atoms with Crippen LogP contribution in [0.25, 0.3) is 0 Å². The normalized spacial score (nSPS) is 15.2. The van der Waals surface area contributed by atoms with Crippen molar-refractivity contribution in [2.45, 2.75) is 13.8 Å². The molecule has 0 fully saturated rings. The summed E-state index contributed by atoms with van der Waals surface area (Å²) in [6.07, 6.45) is 0. The molecular weight excluding hydrogens is 378 g/mol. The fourth-order valence-corrected chi connectivity index (χ4v) is 7.61. The van der Waals surface area contributed by atoms with Crippen molar-refractivity contribution in [3.63, 3.8) is 0 Å². The molecule has 1 heterocycles. The van der Waals surface area contributed by atoms with Gasteiger partial charge in [0.05, 0.1) is 0 Å². The summed E-state index contributed by atoms with van der Waals surface area (Å²) in [6.45, 7) is 4.36. The summed E-state index contributed by atoms with van der Waals surface area (Å²) < 4.78 is 0. The first-order chi connectivity index (χ1) is 11.4. The van der Waals surface area contributed by atoms with Crippen molar-refractivity contribution in [1.29, 1.82) is 0 Å². The third-order valence-corrected chi connectivity index (χ3v) is 10.8. The van der Waals surface area contributed by atoms with E-state index in [4.69, 9.17) is 0 Å². The van der Waals surface area contributed by atoms with Crippen LogP contribution in [0.2, 0.25) is 0 Å². The number of allylic oxidation sites excluding steroid dienone is 2. The van der Waals surface area contributed by atoms with E-state index in [9.17, 15) is 0 Å². The van der Waals surface area contributed by atoms with Gasteiger partial charge in [-0.1, -0.05) is 0 Å².